The predicted octanol–water partition coefficient (Wildman–Crippen LogP) is 2.83. The van der Waals surface area contributed by atoms with Crippen LogP contribution in [0.2, 0.25) is 0 Å². The van der Waals surface area contributed by atoms with Gasteiger partial charge in [-0.25, -0.2) is 12.7 Å². The van der Waals surface area contributed by atoms with Crippen molar-refractivity contribution in [2.24, 2.45) is 5.92 Å². The third-order valence-electron chi connectivity index (χ3n) is 4.47. The Labute approximate surface area is 141 Å². The Morgan fingerprint density at radius 1 is 1.13 bits per heavy atom. The van der Waals surface area contributed by atoms with E-state index in [0.717, 1.165) is 19.4 Å². The van der Waals surface area contributed by atoms with Crippen LogP contribution in [0, 0.1) is 5.92 Å². The smallest absolute Gasteiger partial charge is 0.214 e. The molecule has 1 N–H and O–H groups in total. The number of sulfonamides is 1. The summed E-state index contributed by atoms with van der Waals surface area (Å²) < 4.78 is 26.2. The van der Waals surface area contributed by atoms with Gasteiger partial charge in [-0.1, -0.05) is 51.1 Å². The zero-order chi connectivity index (χ0) is 16.9. The largest absolute Gasteiger partial charge is 0.313 e. The monoisotopic (exact) mass is 338 g/mol. The van der Waals surface area contributed by atoms with Crippen LogP contribution >= 0.6 is 0 Å². The summed E-state index contributed by atoms with van der Waals surface area (Å²) in [6.45, 7) is 8.37. The minimum atomic E-state index is -3.07. The van der Waals surface area contributed by atoms with Crippen LogP contribution in [-0.4, -0.2) is 44.2 Å². The lowest BCUT2D eigenvalue weighted by molar-refractivity contribution is 0.286. The van der Waals surface area contributed by atoms with Gasteiger partial charge in [0.2, 0.25) is 10.0 Å². The molecular formula is C18H30N2O2S. The lowest BCUT2D eigenvalue weighted by Crippen LogP contribution is -2.46. The highest BCUT2D eigenvalue weighted by Crippen LogP contribution is 2.18. The molecule has 1 aromatic rings. The van der Waals surface area contributed by atoms with Crippen LogP contribution in [0.25, 0.3) is 0 Å². The number of piperidine rings is 1. The van der Waals surface area contributed by atoms with Gasteiger partial charge in [0, 0.05) is 25.7 Å². The van der Waals surface area contributed by atoms with Gasteiger partial charge in [-0.3, -0.25) is 0 Å². The normalized spacial score (nSPS) is 19.1. The van der Waals surface area contributed by atoms with Crippen molar-refractivity contribution in [3.63, 3.8) is 0 Å². The quantitative estimate of drug-likeness (QED) is 0.832. The van der Waals surface area contributed by atoms with E-state index in [2.05, 4.69) is 36.5 Å². The Morgan fingerprint density at radius 2 is 1.74 bits per heavy atom. The third kappa shape index (κ3) is 5.59. The molecule has 0 aliphatic carbocycles. The summed E-state index contributed by atoms with van der Waals surface area (Å²) in [4.78, 5) is 0. The van der Waals surface area contributed by atoms with Crippen LogP contribution in [0.4, 0.5) is 0 Å². The number of benzene rings is 1. The lowest BCUT2D eigenvalue weighted by atomic mass is 10.00. The van der Waals surface area contributed by atoms with Gasteiger partial charge in [-0.15, -0.1) is 0 Å². The van der Waals surface area contributed by atoms with Gasteiger partial charge in [-0.05, 0) is 30.2 Å². The molecule has 4 nitrogen and oxygen atoms in total. The predicted molar refractivity (Wildman–Crippen MR) is 96.1 cm³/mol. The van der Waals surface area contributed by atoms with Gasteiger partial charge in [0.25, 0.3) is 0 Å². The molecular weight excluding hydrogens is 308 g/mol. The minimum Gasteiger partial charge on any atom is -0.313 e. The molecule has 23 heavy (non-hydrogen) atoms. The van der Waals surface area contributed by atoms with Crippen molar-refractivity contribution < 1.29 is 8.42 Å². The zero-order valence-electron chi connectivity index (χ0n) is 14.5. The van der Waals surface area contributed by atoms with Crippen molar-refractivity contribution in [3.8, 4) is 0 Å². The number of nitrogens with one attached hydrogen (secondary N) is 1. The molecule has 1 aromatic carbocycles. The van der Waals surface area contributed by atoms with Crippen LogP contribution in [0.15, 0.2) is 30.3 Å². The molecule has 1 heterocycles. The standard InChI is InChI=1S/C18H30N2O2S/c1-15(2)14-23(21,22)20-11-9-18(10-12-20)19-13-16(3)17-7-5-4-6-8-17/h4-8,15-16,18-19H,9-14H2,1-3H3/t16-/m0/s1. The maximum Gasteiger partial charge on any atom is 0.214 e. The van der Waals surface area contributed by atoms with E-state index < -0.39 is 10.0 Å². The molecule has 0 amide bonds. The van der Waals surface area contributed by atoms with E-state index in [-0.39, 0.29) is 11.7 Å². The van der Waals surface area contributed by atoms with Crippen LogP contribution < -0.4 is 5.32 Å². The summed E-state index contributed by atoms with van der Waals surface area (Å²) in [6, 6.07) is 10.9. The highest BCUT2D eigenvalue weighted by molar-refractivity contribution is 7.89. The maximum atomic E-state index is 12.3. The fourth-order valence-corrected chi connectivity index (χ4v) is 4.93. The minimum absolute atomic E-state index is 0.183. The van der Waals surface area contributed by atoms with E-state index in [1.54, 1.807) is 4.31 Å². The highest BCUT2D eigenvalue weighted by Gasteiger charge is 2.28. The van der Waals surface area contributed by atoms with E-state index in [0.29, 0.717) is 25.0 Å². The topological polar surface area (TPSA) is 49.4 Å². The fourth-order valence-electron chi connectivity index (χ4n) is 3.11. The number of hydrogen-bond acceptors (Lipinski definition) is 3. The number of rotatable bonds is 7. The highest BCUT2D eigenvalue weighted by atomic mass is 32.2. The van der Waals surface area contributed by atoms with Gasteiger partial charge in [0.1, 0.15) is 0 Å². The van der Waals surface area contributed by atoms with Crippen LogP contribution in [0.5, 0.6) is 0 Å². The summed E-state index contributed by atoms with van der Waals surface area (Å²) >= 11 is 0. The van der Waals surface area contributed by atoms with Crippen molar-refractivity contribution >= 4 is 10.0 Å². The number of hydrogen-bond donors (Lipinski definition) is 1. The molecule has 0 unspecified atom stereocenters. The Hall–Kier alpha value is -0.910. The summed E-state index contributed by atoms with van der Waals surface area (Å²) in [5.74, 6) is 0.914. The molecule has 0 bridgehead atoms. The Kier molecular flexibility index (Phi) is 6.62. The first-order chi connectivity index (χ1) is 10.9. The van der Waals surface area contributed by atoms with Crippen molar-refractivity contribution in [1.82, 2.24) is 9.62 Å². The molecule has 1 aliphatic rings. The van der Waals surface area contributed by atoms with Gasteiger partial charge in [0.05, 0.1) is 5.75 Å². The average Bonchev–Trinajstić information content (AvgIpc) is 2.52. The van der Waals surface area contributed by atoms with Crippen molar-refractivity contribution in [3.05, 3.63) is 35.9 Å². The molecule has 0 radical (unpaired) electrons. The SMILES string of the molecule is CC(C)CS(=O)(=O)N1CCC(NC[C@H](C)c2ccccc2)CC1. The molecule has 130 valence electrons. The molecule has 5 heteroatoms. The first kappa shape index (κ1) is 18.4. The van der Waals surface area contributed by atoms with Crippen LogP contribution in [0.1, 0.15) is 45.1 Å². The van der Waals surface area contributed by atoms with Crippen molar-refractivity contribution in [1.29, 1.82) is 0 Å². The Balaban J connectivity index is 1.77. The number of nitrogens with zero attached hydrogens (tertiary/aromatic N) is 1. The molecule has 0 aromatic heterocycles. The second-order valence-electron chi connectivity index (χ2n) is 7.07. The fraction of sp³-hybridized carbons (Fsp3) is 0.667. The van der Waals surface area contributed by atoms with Gasteiger partial charge in [-0.2, -0.15) is 0 Å². The third-order valence-corrected chi connectivity index (χ3v) is 6.71. The Morgan fingerprint density at radius 3 is 2.30 bits per heavy atom. The molecule has 2 rings (SSSR count). The second kappa shape index (κ2) is 8.27. The molecule has 1 aliphatic heterocycles. The summed E-state index contributed by atoms with van der Waals surface area (Å²) in [5.41, 5.74) is 1.34. The van der Waals surface area contributed by atoms with E-state index in [1.807, 2.05) is 19.9 Å². The molecule has 0 saturated carbocycles. The molecule has 1 atom stereocenters. The average molecular weight is 339 g/mol. The van der Waals surface area contributed by atoms with Crippen LogP contribution in [-0.2, 0) is 10.0 Å². The summed E-state index contributed by atoms with van der Waals surface area (Å²) in [6.07, 6.45) is 1.80. The van der Waals surface area contributed by atoms with Gasteiger partial charge < -0.3 is 5.32 Å². The van der Waals surface area contributed by atoms with Crippen molar-refractivity contribution in [2.75, 3.05) is 25.4 Å². The summed E-state index contributed by atoms with van der Waals surface area (Å²) in [5, 5.41) is 3.61. The van der Waals surface area contributed by atoms with Gasteiger partial charge >= 0.3 is 0 Å². The maximum absolute atomic E-state index is 12.3. The zero-order valence-corrected chi connectivity index (χ0v) is 15.3. The van der Waals surface area contributed by atoms with E-state index in [1.165, 1.54) is 5.56 Å². The van der Waals surface area contributed by atoms with E-state index in [4.69, 9.17) is 0 Å². The van der Waals surface area contributed by atoms with Crippen LogP contribution in [0.3, 0.4) is 0 Å². The molecule has 1 fully saturated rings. The van der Waals surface area contributed by atoms with E-state index in [9.17, 15) is 8.42 Å². The molecule has 0 spiro atoms. The van der Waals surface area contributed by atoms with Crippen molar-refractivity contribution in [2.45, 2.75) is 45.6 Å². The van der Waals surface area contributed by atoms with E-state index >= 15 is 0 Å². The summed E-state index contributed by atoms with van der Waals surface area (Å²) in [7, 11) is -3.07. The van der Waals surface area contributed by atoms with Gasteiger partial charge in [0.15, 0.2) is 0 Å². The second-order valence-corrected chi connectivity index (χ2v) is 9.08. The first-order valence-corrected chi connectivity index (χ1v) is 10.3. The Bertz CT molecular complexity index is 564. The lowest BCUT2D eigenvalue weighted by Gasteiger charge is -2.32. The molecule has 1 saturated heterocycles. The first-order valence-electron chi connectivity index (χ1n) is 8.64.